The maximum Gasteiger partial charge on any atom is 0.338 e. The van der Waals surface area contributed by atoms with Crippen LogP contribution in [0.5, 0.6) is 0 Å². The first-order chi connectivity index (χ1) is 14.0. The molecule has 1 aliphatic rings. The van der Waals surface area contributed by atoms with Gasteiger partial charge in [0.2, 0.25) is 0 Å². The van der Waals surface area contributed by atoms with Crippen molar-refractivity contribution in [1.29, 1.82) is 0 Å². The molecule has 0 saturated carbocycles. The molecule has 0 bridgehead atoms. The first-order valence-electron chi connectivity index (χ1n) is 8.98. The van der Waals surface area contributed by atoms with E-state index in [0.29, 0.717) is 10.6 Å². The molecule has 0 fully saturated rings. The number of hydrogen-bond acceptors (Lipinski definition) is 4. The van der Waals surface area contributed by atoms with E-state index >= 15 is 0 Å². The van der Waals surface area contributed by atoms with E-state index in [1.54, 1.807) is 24.3 Å². The predicted molar refractivity (Wildman–Crippen MR) is 108 cm³/mol. The van der Waals surface area contributed by atoms with E-state index in [1.807, 2.05) is 30.3 Å². The van der Waals surface area contributed by atoms with E-state index in [0.717, 1.165) is 11.1 Å². The number of rotatable bonds is 5. The molecule has 0 aromatic heterocycles. The maximum atomic E-state index is 12.7. The highest BCUT2D eigenvalue weighted by atomic mass is 35.5. The summed E-state index contributed by atoms with van der Waals surface area (Å²) in [5.41, 5.74) is 2.38. The average molecular weight is 406 g/mol. The van der Waals surface area contributed by atoms with Gasteiger partial charge in [0, 0.05) is 5.02 Å². The van der Waals surface area contributed by atoms with Gasteiger partial charge < -0.3 is 4.74 Å². The molecule has 1 aliphatic heterocycles. The monoisotopic (exact) mass is 405 g/mol. The van der Waals surface area contributed by atoms with E-state index in [1.165, 1.54) is 23.1 Å². The van der Waals surface area contributed by atoms with Crippen molar-refractivity contribution in [1.82, 2.24) is 4.90 Å². The number of esters is 1. The normalized spacial score (nSPS) is 12.8. The highest BCUT2D eigenvalue weighted by Gasteiger charge is 2.36. The fourth-order valence-electron chi connectivity index (χ4n) is 3.14. The summed E-state index contributed by atoms with van der Waals surface area (Å²) in [4.78, 5) is 38.9. The van der Waals surface area contributed by atoms with Crippen LogP contribution < -0.4 is 0 Å². The Bertz CT molecular complexity index is 1090. The number of carbonyl (C=O) groups is 3. The maximum absolute atomic E-state index is 12.7. The van der Waals surface area contributed by atoms with Crippen LogP contribution in [-0.4, -0.2) is 22.7 Å². The number of imide groups is 1. The molecule has 0 atom stereocenters. The molecule has 29 heavy (non-hydrogen) atoms. The molecule has 0 unspecified atom stereocenters. The minimum atomic E-state index is -0.565. The number of benzene rings is 3. The molecule has 4 rings (SSSR count). The zero-order valence-corrected chi connectivity index (χ0v) is 16.1. The molecule has 2 amide bonds. The van der Waals surface area contributed by atoms with Gasteiger partial charge in [-0.2, -0.15) is 0 Å². The number of ether oxygens (including phenoxy) is 1. The summed E-state index contributed by atoms with van der Waals surface area (Å²) in [6.45, 7) is 0.267. The largest absolute Gasteiger partial charge is 0.457 e. The quantitative estimate of drug-likeness (QED) is 0.463. The van der Waals surface area contributed by atoms with Crippen molar-refractivity contribution in [2.75, 3.05) is 0 Å². The second-order valence-electron chi connectivity index (χ2n) is 6.65. The molecule has 144 valence electrons. The lowest BCUT2D eigenvalue weighted by molar-refractivity contribution is 0.0472. The third-order valence-corrected chi connectivity index (χ3v) is 4.93. The third kappa shape index (κ3) is 3.91. The topological polar surface area (TPSA) is 63.7 Å². The summed E-state index contributed by atoms with van der Waals surface area (Å²) in [5, 5.41) is 0.599. The molecule has 0 radical (unpaired) electrons. The zero-order valence-electron chi connectivity index (χ0n) is 15.3. The second-order valence-corrected chi connectivity index (χ2v) is 7.08. The Morgan fingerprint density at radius 2 is 1.52 bits per heavy atom. The molecule has 5 nitrogen and oxygen atoms in total. The van der Waals surface area contributed by atoms with Gasteiger partial charge in [0.05, 0.1) is 23.2 Å². The van der Waals surface area contributed by atoms with Crippen LogP contribution in [-0.2, 0) is 17.9 Å². The van der Waals surface area contributed by atoms with Gasteiger partial charge in [0.1, 0.15) is 6.61 Å². The SMILES string of the molecule is O=C(OCc1ccc(Cl)cc1)c1ccc2c(c1)C(=O)N(Cc1ccccc1)C2=O. The average Bonchev–Trinajstić information content (AvgIpc) is 2.98. The van der Waals surface area contributed by atoms with Crippen LogP contribution in [0.2, 0.25) is 5.02 Å². The van der Waals surface area contributed by atoms with Crippen LogP contribution >= 0.6 is 11.6 Å². The van der Waals surface area contributed by atoms with Crippen LogP contribution in [0.15, 0.2) is 72.8 Å². The van der Waals surface area contributed by atoms with Gasteiger partial charge in [-0.1, -0.05) is 54.1 Å². The lowest BCUT2D eigenvalue weighted by atomic mass is 10.1. The van der Waals surface area contributed by atoms with Crippen molar-refractivity contribution in [2.24, 2.45) is 0 Å². The van der Waals surface area contributed by atoms with Crippen molar-refractivity contribution in [3.63, 3.8) is 0 Å². The van der Waals surface area contributed by atoms with Crippen molar-refractivity contribution in [2.45, 2.75) is 13.2 Å². The van der Waals surface area contributed by atoms with Gasteiger partial charge >= 0.3 is 5.97 Å². The van der Waals surface area contributed by atoms with Crippen molar-refractivity contribution in [3.8, 4) is 0 Å². The highest BCUT2D eigenvalue weighted by Crippen LogP contribution is 2.26. The van der Waals surface area contributed by atoms with Gasteiger partial charge in [-0.05, 0) is 41.5 Å². The van der Waals surface area contributed by atoms with Crippen LogP contribution in [0.1, 0.15) is 42.2 Å². The minimum absolute atomic E-state index is 0.0834. The van der Waals surface area contributed by atoms with E-state index in [9.17, 15) is 14.4 Å². The van der Waals surface area contributed by atoms with Gasteiger partial charge in [0.15, 0.2) is 0 Å². The molecular formula is C23H16ClNO4. The summed E-state index contributed by atoms with van der Waals surface area (Å²) in [5.74, 6) is -1.35. The third-order valence-electron chi connectivity index (χ3n) is 4.67. The lowest BCUT2D eigenvalue weighted by Gasteiger charge is -2.13. The fraction of sp³-hybridized carbons (Fsp3) is 0.0870. The van der Waals surface area contributed by atoms with Gasteiger partial charge in [-0.3, -0.25) is 14.5 Å². The number of amides is 2. The smallest absolute Gasteiger partial charge is 0.338 e. The molecule has 3 aromatic carbocycles. The van der Waals surface area contributed by atoms with E-state index in [-0.39, 0.29) is 30.2 Å². The Hall–Kier alpha value is -3.44. The number of nitrogens with zero attached hydrogens (tertiary/aromatic N) is 1. The summed E-state index contributed by atoms with van der Waals surface area (Å²) in [7, 11) is 0. The molecule has 1 heterocycles. The van der Waals surface area contributed by atoms with Gasteiger partial charge in [-0.15, -0.1) is 0 Å². The highest BCUT2D eigenvalue weighted by molar-refractivity contribution is 6.30. The Labute approximate surface area is 172 Å². The number of carbonyl (C=O) groups excluding carboxylic acids is 3. The molecule has 6 heteroatoms. The number of halogens is 1. The lowest BCUT2D eigenvalue weighted by Crippen LogP contribution is -2.29. The molecule has 0 aliphatic carbocycles. The van der Waals surface area contributed by atoms with Crippen LogP contribution in [0.25, 0.3) is 0 Å². The van der Waals surface area contributed by atoms with E-state index < -0.39 is 11.9 Å². The first kappa shape index (κ1) is 18.9. The van der Waals surface area contributed by atoms with Crippen LogP contribution in [0.3, 0.4) is 0 Å². The van der Waals surface area contributed by atoms with Crippen LogP contribution in [0.4, 0.5) is 0 Å². The Kier molecular flexibility index (Phi) is 5.14. The Morgan fingerprint density at radius 3 is 2.24 bits per heavy atom. The van der Waals surface area contributed by atoms with Gasteiger partial charge in [-0.25, -0.2) is 4.79 Å². The minimum Gasteiger partial charge on any atom is -0.457 e. The van der Waals surface area contributed by atoms with Crippen molar-refractivity contribution >= 4 is 29.4 Å². The summed E-state index contributed by atoms with van der Waals surface area (Å²) >= 11 is 5.84. The molecule has 0 spiro atoms. The first-order valence-corrected chi connectivity index (χ1v) is 9.36. The Balaban J connectivity index is 1.49. The van der Waals surface area contributed by atoms with Gasteiger partial charge in [0.25, 0.3) is 11.8 Å². The second kappa shape index (κ2) is 7.89. The molecule has 3 aromatic rings. The summed E-state index contributed by atoms with van der Waals surface area (Å²) in [6.07, 6.45) is 0. The zero-order chi connectivity index (χ0) is 20.4. The standard InChI is InChI=1S/C23H16ClNO4/c24-18-9-6-16(7-10-18)14-29-23(28)17-8-11-19-20(12-17)22(27)25(21(19)26)13-15-4-2-1-3-5-15/h1-12H,13-14H2. The summed E-state index contributed by atoms with van der Waals surface area (Å²) in [6, 6.07) is 20.6. The fourth-order valence-corrected chi connectivity index (χ4v) is 3.27. The van der Waals surface area contributed by atoms with Crippen molar-refractivity contribution in [3.05, 3.63) is 106 Å². The summed E-state index contributed by atoms with van der Waals surface area (Å²) < 4.78 is 5.31. The van der Waals surface area contributed by atoms with Crippen LogP contribution in [0, 0.1) is 0 Å². The molecule has 0 saturated heterocycles. The predicted octanol–water partition coefficient (Wildman–Crippen LogP) is 4.49. The molecule has 0 N–H and O–H groups in total. The molecular weight excluding hydrogens is 390 g/mol. The Morgan fingerprint density at radius 1 is 0.828 bits per heavy atom. The van der Waals surface area contributed by atoms with Crippen molar-refractivity contribution < 1.29 is 19.1 Å². The van der Waals surface area contributed by atoms with E-state index in [2.05, 4.69) is 0 Å². The number of hydrogen-bond donors (Lipinski definition) is 0. The number of fused-ring (bicyclic) bond motifs is 1. The van der Waals surface area contributed by atoms with E-state index in [4.69, 9.17) is 16.3 Å².